The van der Waals surface area contributed by atoms with Crippen LogP contribution in [-0.4, -0.2) is 57.5 Å². The number of carbonyl (C=O) groups excluding carboxylic acids is 1. The molecule has 0 aromatic rings. The van der Waals surface area contributed by atoms with E-state index in [0.717, 1.165) is 46.5 Å². The Morgan fingerprint density at radius 2 is 1.00 bits per heavy atom. The van der Waals surface area contributed by atoms with E-state index in [4.69, 9.17) is 39.5 Å². The summed E-state index contributed by atoms with van der Waals surface area (Å²) in [7, 11) is 0. The van der Waals surface area contributed by atoms with Crippen molar-refractivity contribution in [2.24, 2.45) is 0 Å². The average Bonchev–Trinajstić information content (AvgIpc) is 2.31. The van der Waals surface area contributed by atoms with Crippen molar-refractivity contribution < 1.29 is 44.3 Å². The quantitative estimate of drug-likeness (QED) is 0.414. The molecule has 0 saturated carbocycles. The maximum absolute atomic E-state index is 10.3. The second-order valence-electron chi connectivity index (χ2n) is 4.03. The zero-order valence-electron chi connectivity index (χ0n) is 14.1. The smallest absolute Gasteiger partial charge is 0.302 e. The van der Waals surface area contributed by atoms with Gasteiger partial charge in [0.2, 0.25) is 0 Å². The van der Waals surface area contributed by atoms with Crippen LogP contribution >= 0.6 is 0 Å². The van der Waals surface area contributed by atoms with Crippen molar-refractivity contribution >= 4 is 23.9 Å². The number of hydrogen-bond donors (Lipinski definition) is 4. The third kappa shape index (κ3) is 185. The Morgan fingerprint density at radius 3 is 1.26 bits per heavy atom. The zero-order chi connectivity index (χ0) is 19.3. The Balaban J connectivity index is -0.000000124. The molecule has 0 spiro atoms. The molecule has 0 amide bonds. The molecule has 0 aromatic carbocycles. The van der Waals surface area contributed by atoms with Crippen LogP contribution in [-0.2, 0) is 23.9 Å². The summed E-state index contributed by atoms with van der Waals surface area (Å²) >= 11 is 0. The molecule has 0 aliphatic rings. The van der Waals surface area contributed by atoms with Gasteiger partial charge in [0.05, 0.1) is 6.61 Å². The fourth-order valence-electron chi connectivity index (χ4n) is 0.783. The molecule has 23 heavy (non-hydrogen) atoms. The van der Waals surface area contributed by atoms with Crippen LogP contribution in [0.3, 0.4) is 0 Å². The van der Waals surface area contributed by atoms with Crippen LogP contribution in [0.2, 0.25) is 0 Å². The van der Waals surface area contributed by atoms with Crippen LogP contribution < -0.4 is 0 Å². The number of esters is 1. The molecule has 0 heterocycles. The molecule has 0 aliphatic carbocycles. The molecular weight excluding hydrogens is 312 g/mol. The summed E-state index contributed by atoms with van der Waals surface area (Å²) in [5.74, 6) is -2.72. The van der Waals surface area contributed by atoms with Gasteiger partial charge in [-0.05, 0) is 19.3 Å². The van der Waals surface area contributed by atoms with Crippen LogP contribution in [0, 0.1) is 0 Å². The van der Waals surface area contributed by atoms with E-state index in [1.165, 1.54) is 6.92 Å². The van der Waals surface area contributed by atoms with Crippen molar-refractivity contribution in [3.05, 3.63) is 0 Å². The third-order valence-corrected chi connectivity index (χ3v) is 1.36. The number of carboxylic acid groups (broad SMARTS) is 3. The Labute approximate surface area is 135 Å². The number of carbonyl (C=O) groups is 4. The highest BCUT2D eigenvalue weighted by Crippen LogP contribution is 1.98. The van der Waals surface area contributed by atoms with E-state index in [1.54, 1.807) is 0 Å². The monoisotopic (exact) mass is 340 g/mol. The normalized spacial score (nSPS) is 7.87. The lowest BCUT2D eigenvalue weighted by atomic mass is 10.2. The van der Waals surface area contributed by atoms with Crippen LogP contribution in [0.25, 0.3) is 0 Å². The molecule has 4 N–H and O–H groups in total. The maximum Gasteiger partial charge on any atom is 0.302 e. The maximum atomic E-state index is 10.3. The fraction of sp³-hybridized carbons (Fsp3) is 0.714. The lowest BCUT2D eigenvalue weighted by Gasteiger charge is -2.00. The Hall–Kier alpha value is -2.16. The van der Waals surface area contributed by atoms with Gasteiger partial charge in [0.15, 0.2) is 0 Å². The zero-order valence-corrected chi connectivity index (χ0v) is 14.1. The van der Waals surface area contributed by atoms with Crippen molar-refractivity contribution in [1.82, 2.24) is 0 Å². The van der Waals surface area contributed by atoms with Crippen molar-refractivity contribution in [2.45, 2.75) is 53.4 Å². The second-order valence-corrected chi connectivity index (χ2v) is 4.03. The van der Waals surface area contributed by atoms with Gasteiger partial charge in [-0.15, -0.1) is 0 Å². The molecule has 0 bridgehead atoms. The van der Waals surface area contributed by atoms with E-state index in [2.05, 4.69) is 0 Å². The second kappa shape index (κ2) is 24.8. The summed E-state index contributed by atoms with van der Waals surface area (Å²) in [4.78, 5) is 37.3. The summed E-state index contributed by atoms with van der Waals surface area (Å²) in [6.45, 7) is 5.43. The van der Waals surface area contributed by atoms with Crippen molar-refractivity contribution in [2.75, 3.05) is 13.2 Å². The molecule has 0 radical (unpaired) electrons. The van der Waals surface area contributed by atoms with E-state index in [9.17, 15) is 4.79 Å². The van der Waals surface area contributed by atoms with Gasteiger partial charge in [0.1, 0.15) is 0 Å². The summed E-state index contributed by atoms with van der Waals surface area (Å²) in [6, 6.07) is 0. The summed E-state index contributed by atoms with van der Waals surface area (Å²) in [5, 5.41) is 30.7. The van der Waals surface area contributed by atoms with Gasteiger partial charge in [-0.1, -0.05) is 6.42 Å². The molecule has 9 nitrogen and oxygen atoms in total. The standard InChI is InChI=1S/C8H16O3.3C2H4O2/c1-8(10)11-7-5-3-2-4-6-9;3*1-2(3)4/h9H,2-7H2,1H3;3*1H3,(H,3,4). The van der Waals surface area contributed by atoms with Gasteiger partial charge >= 0.3 is 5.97 Å². The average molecular weight is 340 g/mol. The van der Waals surface area contributed by atoms with Gasteiger partial charge in [-0.3, -0.25) is 19.2 Å². The molecule has 0 unspecified atom stereocenters. The SMILES string of the molecule is CC(=O)O.CC(=O)O.CC(=O)O.CC(=O)OCCCCCCO. The predicted molar refractivity (Wildman–Crippen MR) is 82.1 cm³/mol. The van der Waals surface area contributed by atoms with E-state index >= 15 is 0 Å². The number of ether oxygens (including phenoxy) is 1. The minimum atomic E-state index is -0.833. The third-order valence-electron chi connectivity index (χ3n) is 1.36. The molecule has 0 rings (SSSR count). The van der Waals surface area contributed by atoms with Gasteiger partial charge in [-0.25, -0.2) is 0 Å². The number of aliphatic carboxylic acids is 3. The van der Waals surface area contributed by atoms with Gasteiger partial charge in [0, 0.05) is 34.3 Å². The molecule has 9 heteroatoms. The van der Waals surface area contributed by atoms with E-state index < -0.39 is 17.9 Å². The minimum absolute atomic E-state index is 0.216. The first-order valence-electron chi connectivity index (χ1n) is 6.80. The highest BCUT2D eigenvalue weighted by Gasteiger charge is 1.92. The van der Waals surface area contributed by atoms with Crippen molar-refractivity contribution in [3.8, 4) is 0 Å². The lowest BCUT2D eigenvalue weighted by molar-refractivity contribution is -0.141. The highest BCUT2D eigenvalue weighted by atomic mass is 16.5. The van der Waals surface area contributed by atoms with Crippen LogP contribution in [0.4, 0.5) is 0 Å². The molecular formula is C14H28O9. The molecule has 0 saturated heterocycles. The summed E-state index contributed by atoms with van der Waals surface area (Å²) in [5.41, 5.74) is 0. The van der Waals surface area contributed by atoms with E-state index in [-0.39, 0.29) is 12.6 Å². The Kier molecular flexibility index (Phi) is 31.2. The van der Waals surface area contributed by atoms with Crippen LogP contribution in [0.5, 0.6) is 0 Å². The topological polar surface area (TPSA) is 158 Å². The first kappa shape index (κ1) is 28.9. The fourth-order valence-corrected chi connectivity index (χ4v) is 0.783. The molecule has 0 aromatic heterocycles. The molecule has 138 valence electrons. The number of carboxylic acids is 3. The first-order chi connectivity index (χ1) is 10.5. The Morgan fingerprint density at radius 1 is 0.696 bits per heavy atom. The number of rotatable bonds is 6. The van der Waals surface area contributed by atoms with Gasteiger partial charge < -0.3 is 25.2 Å². The minimum Gasteiger partial charge on any atom is -0.481 e. The Bertz CT molecular complexity index is 273. The van der Waals surface area contributed by atoms with Crippen LogP contribution in [0.15, 0.2) is 0 Å². The number of aliphatic hydroxyl groups is 1. The van der Waals surface area contributed by atoms with Crippen molar-refractivity contribution in [3.63, 3.8) is 0 Å². The molecule has 0 aliphatic heterocycles. The highest BCUT2D eigenvalue weighted by molar-refractivity contribution is 5.65. The first-order valence-corrected chi connectivity index (χ1v) is 6.80. The summed E-state index contributed by atoms with van der Waals surface area (Å²) < 4.78 is 4.72. The van der Waals surface area contributed by atoms with Gasteiger partial charge in [0.25, 0.3) is 17.9 Å². The van der Waals surface area contributed by atoms with E-state index in [1.807, 2.05) is 0 Å². The van der Waals surface area contributed by atoms with Crippen molar-refractivity contribution in [1.29, 1.82) is 0 Å². The number of hydrogen-bond acceptors (Lipinski definition) is 6. The largest absolute Gasteiger partial charge is 0.481 e. The lowest BCUT2D eigenvalue weighted by Crippen LogP contribution is -2.00. The number of aliphatic hydroxyl groups excluding tert-OH is 1. The molecule has 0 atom stereocenters. The number of unbranched alkanes of at least 4 members (excludes halogenated alkanes) is 3. The predicted octanol–water partition coefficient (Wildman–Crippen LogP) is 1.37. The summed E-state index contributed by atoms with van der Waals surface area (Å²) in [6.07, 6.45) is 3.78. The van der Waals surface area contributed by atoms with Crippen LogP contribution in [0.1, 0.15) is 53.4 Å². The molecule has 0 fully saturated rings. The van der Waals surface area contributed by atoms with E-state index in [0.29, 0.717) is 6.61 Å². The van der Waals surface area contributed by atoms with Gasteiger partial charge in [-0.2, -0.15) is 0 Å².